The lowest BCUT2D eigenvalue weighted by molar-refractivity contribution is -0.163. The van der Waals surface area contributed by atoms with Crippen molar-refractivity contribution < 1.29 is 4.74 Å². The lowest BCUT2D eigenvalue weighted by Gasteiger charge is -2.60. The van der Waals surface area contributed by atoms with E-state index in [0.717, 1.165) is 54.2 Å². The van der Waals surface area contributed by atoms with Crippen LogP contribution in [0.25, 0.3) is 0 Å². The molecule has 1 N–H and O–H groups in total. The largest absolute Gasteiger partial charge is 0.374 e. The van der Waals surface area contributed by atoms with Crippen molar-refractivity contribution in [2.75, 3.05) is 6.61 Å². The van der Waals surface area contributed by atoms with E-state index in [1.807, 2.05) is 0 Å². The molecule has 0 amide bonds. The van der Waals surface area contributed by atoms with Crippen LogP contribution in [0.1, 0.15) is 64.7 Å². The molecule has 9 atom stereocenters. The molecule has 5 fully saturated rings. The van der Waals surface area contributed by atoms with Gasteiger partial charge in [-0.2, -0.15) is 0 Å². The van der Waals surface area contributed by atoms with Crippen molar-refractivity contribution >= 4 is 5.71 Å². The highest BCUT2D eigenvalue weighted by Crippen LogP contribution is 2.79. The SMILES string of the molecule is C=CC1CC2=CC(=N)CCC2C2CCC3(CC)C(C4CC4[C@@]34CCCO4)C12. The number of allylic oxidation sites excluding steroid dienone is 3. The second-order valence-corrected chi connectivity index (χ2v) is 10.7. The number of nitrogens with one attached hydrogen (secondary N) is 1. The van der Waals surface area contributed by atoms with Crippen LogP contribution >= 0.6 is 0 Å². The Bertz CT molecular complexity index is 716. The van der Waals surface area contributed by atoms with Crippen LogP contribution in [0.5, 0.6) is 0 Å². The first kappa shape index (κ1) is 17.0. The summed E-state index contributed by atoms with van der Waals surface area (Å²) in [4.78, 5) is 0. The number of rotatable bonds is 2. The van der Waals surface area contributed by atoms with Crippen LogP contribution in [0, 0.1) is 52.2 Å². The molecule has 27 heavy (non-hydrogen) atoms. The van der Waals surface area contributed by atoms with Crippen LogP contribution in [0.4, 0.5) is 0 Å². The second-order valence-electron chi connectivity index (χ2n) is 10.7. The summed E-state index contributed by atoms with van der Waals surface area (Å²) >= 11 is 0. The van der Waals surface area contributed by atoms with Crippen molar-refractivity contribution in [3.63, 3.8) is 0 Å². The monoisotopic (exact) mass is 365 g/mol. The first-order valence-corrected chi connectivity index (χ1v) is 11.7. The highest BCUT2D eigenvalue weighted by Gasteiger charge is 2.78. The van der Waals surface area contributed by atoms with E-state index < -0.39 is 0 Å². The fourth-order valence-corrected chi connectivity index (χ4v) is 9.48. The van der Waals surface area contributed by atoms with Crippen LogP contribution in [0.15, 0.2) is 24.3 Å². The summed E-state index contributed by atoms with van der Waals surface area (Å²) in [7, 11) is 0. The molecule has 4 saturated carbocycles. The molecule has 1 saturated heterocycles. The topological polar surface area (TPSA) is 33.1 Å². The third-order valence-corrected chi connectivity index (χ3v) is 10.2. The molecule has 0 aromatic carbocycles. The molecule has 6 rings (SSSR count). The van der Waals surface area contributed by atoms with Crippen molar-refractivity contribution in [1.29, 1.82) is 5.41 Å². The average molecular weight is 366 g/mol. The van der Waals surface area contributed by atoms with Gasteiger partial charge in [-0.25, -0.2) is 0 Å². The summed E-state index contributed by atoms with van der Waals surface area (Å²) in [6.45, 7) is 7.79. The minimum absolute atomic E-state index is 0.235. The Morgan fingerprint density at radius 1 is 1.30 bits per heavy atom. The summed E-state index contributed by atoms with van der Waals surface area (Å²) in [5.41, 5.74) is 3.14. The molecular formula is C25H35NO. The molecule has 5 aliphatic carbocycles. The van der Waals surface area contributed by atoms with Gasteiger partial charge in [0.05, 0.1) is 5.60 Å². The minimum Gasteiger partial charge on any atom is -0.374 e. The van der Waals surface area contributed by atoms with Gasteiger partial charge in [-0.3, -0.25) is 0 Å². The maximum Gasteiger partial charge on any atom is 0.0772 e. The zero-order chi connectivity index (χ0) is 18.4. The van der Waals surface area contributed by atoms with Crippen LogP contribution in [-0.4, -0.2) is 17.9 Å². The molecule has 0 aromatic heterocycles. The first-order valence-electron chi connectivity index (χ1n) is 11.7. The van der Waals surface area contributed by atoms with Gasteiger partial charge in [-0.1, -0.05) is 18.6 Å². The van der Waals surface area contributed by atoms with E-state index >= 15 is 0 Å². The van der Waals surface area contributed by atoms with E-state index in [1.165, 1.54) is 51.4 Å². The van der Waals surface area contributed by atoms with Crippen LogP contribution in [-0.2, 0) is 4.74 Å². The molecule has 8 unspecified atom stereocenters. The molecule has 1 aliphatic heterocycles. The first-order chi connectivity index (χ1) is 13.1. The van der Waals surface area contributed by atoms with Gasteiger partial charge >= 0.3 is 0 Å². The van der Waals surface area contributed by atoms with E-state index in [0.29, 0.717) is 11.3 Å². The average Bonchev–Trinajstić information content (AvgIpc) is 3.26. The smallest absolute Gasteiger partial charge is 0.0772 e. The zero-order valence-corrected chi connectivity index (χ0v) is 16.9. The molecular weight excluding hydrogens is 330 g/mol. The Morgan fingerprint density at radius 2 is 2.19 bits per heavy atom. The lowest BCUT2D eigenvalue weighted by atomic mass is 9.45. The fourth-order valence-electron chi connectivity index (χ4n) is 9.48. The lowest BCUT2D eigenvalue weighted by Crippen LogP contribution is -2.57. The van der Waals surface area contributed by atoms with Crippen molar-refractivity contribution in [2.24, 2.45) is 46.8 Å². The summed E-state index contributed by atoms with van der Waals surface area (Å²) in [5, 5.41) is 8.17. The fraction of sp³-hybridized carbons (Fsp3) is 0.800. The Balaban J connectivity index is 1.44. The maximum absolute atomic E-state index is 8.17. The van der Waals surface area contributed by atoms with E-state index in [-0.39, 0.29) is 5.60 Å². The maximum atomic E-state index is 8.17. The zero-order valence-electron chi connectivity index (χ0n) is 16.9. The van der Waals surface area contributed by atoms with Crippen molar-refractivity contribution in [1.82, 2.24) is 0 Å². The van der Waals surface area contributed by atoms with E-state index in [2.05, 4.69) is 25.7 Å². The molecule has 0 bridgehead atoms. The quantitative estimate of drug-likeness (QED) is 0.618. The van der Waals surface area contributed by atoms with Crippen LogP contribution in [0.2, 0.25) is 0 Å². The molecule has 0 radical (unpaired) electrons. The molecule has 146 valence electrons. The molecule has 1 spiro atoms. The summed E-state index contributed by atoms with van der Waals surface area (Å²) < 4.78 is 6.72. The van der Waals surface area contributed by atoms with Gasteiger partial charge in [0, 0.05) is 17.7 Å². The van der Waals surface area contributed by atoms with Crippen LogP contribution < -0.4 is 0 Å². The second kappa shape index (κ2) is 5.59. The number of hydrogen-bond donors (Lipinski definition) is 1. The van der Waals surface area contributed by atoms with Crippen molar-refractivity contribution in [3.05, 3.63) is 24.3 Å². The van der Waals surface area contributed by atoms with Gasteiger partial charge in [0.25, 0.3) is 0 Å². The normalized spacial score (nSPS) is 55.4. The van der Waals surface area contributed by atoms with Gasteiger partial charge in [0.15, 0.2) is 0 Å². The summed E-state index contributed by atoms with van der Waals surface area (Å²) in [5.74, 6) is 5.71. The van der Waals surface area contributed by atoms with Crippen molar-refractivity contribution in [3.8, 4) is 0 Å². The molecule has 0 aromatic rings. The third-order valence-electron chi connectivity index (χ3n) is 10.2. The number of hydrogen-bond acceptors (Lipinski definition) is 2. The van der Waals surface area contributed by atoms with Crippen molar-refractivity contribution in [2.45, 2.75) is 70.3 Å². The highest BCUT2D eigenvalue weighted by molar-refractivity contribution is 5.93. The minimum atomic E-state index is 0.235. The highest BCUT2D eigenvalue weighted by atomic mass is 16.5. The predicted molar refractivity (Wildman–Crippen MR) is 109 cm³/mol. The molecule has 2 nitrogen and oxygen atoms in total. The van der Waals surface area contributed by atoms with E-state index in [4.69, 9.17) is 10.1 Å². The standard InChI is InChI=1S/C25H35NO/c1-3-15-12-16-13-17(26)6-7-18(16)19-8-10-24(4-2)23(22(15)19)20-14-21(20)25(24)9-5-11-27-25/h3,13,15,18-23,26H,1,4-12,14H2,2H3/t15?,18?,19?,20?,21?,22?,23?,24?,25-/m0/s1. The van der Waals surface area contributed by atoms with E-state index in [1.54, 1.807) is 5.57 Å². The molecule has 2 heteroatoms. The number of fused-ring (bicyclic) bond motifs is 9. The summed E-state index contributed by atoms with van der Waals surface area (Å²) in [6, 6.07) is 0. The Morgan fingerprint density at radius 3 is 2.93 bits per heavy atom. The number of ether oxygens (including phenoxy) is 1. The summed E-state index contributed by atoms with van der Waals surface area (Å²) in [6.07, 6.45) is 16.1. The third kappa shape index (κ3) is 1.94. The van der Waals surface area contributed by atoms with Gasteiger partial charge in [0.1, 0.15) is 0 Å². The predicted octanol–water partition coefficient (Wildman–Crippen LogP) is 5.79. The van der Waals surface area contributed by atoms with E-state index in [9.17, 15) is 0 Å². The molecule has 1 heterocycles. The van der Waals surface area contributed by atoms with Gasteiger partial charge < -0.3 is 10.1 Å². The Kier molecular flexibility index (Phi) is 3.52. The van der Waals surface area contributed by atoms with Gasteiger partial charge in [0.2, 0.25) is 0 Å². The Labute approximate surface area is 164 Å². The van der Waals surface area contributed by atoms with Gasteiger partial charge in [-0.15, -0.1) is 6.58 Å². The van der Waals surface area contributed by atoms with Gasteiger partial charge in [-0.05, 0) is 105 Å². The molecule has 6 aliphatic rings. The Hall–Kier alpha value is -0.890. The van der Waals surface area contributed by atoms with Crippen LogP contribution in [0.3, 0.4) is 0 Å².